The summed E-state index contributed by atoms with van der Waals surface area (Å²) in [5.74, 6) is -0.994. The summed E-state index contributed by atoms with van der Waals surface area (Å²) in [6, 6.07) is 0. The molecular weight excluding hydrogens is 805 g/mol. The number of rotatable bonds is 47. The summed E-state index contributed by atoms with van der Waals surface area (Å²) in [6.07, 6.45) is 69.8. The fourth-order valence-corrected chi connectivity index (χ4v) is 7.25. The van der Waals surface area contributed by atoms with Gasteiger partial charge >= 0.3 is 17.9 Å². The van der Waals surface area contributed by atoms with Gasteiger partial charge in [0.25, 0.3) is 0 Å². The molecule has 0 amide bonds. The van der Waals surface area contributed by atoms with Crippen molar-refractivity contribution >= 4 is 17.9 Å². The molecule has 0 saturated heterocycles. The van der Waals surface area contributed by atoms with Crippen LogP contribution >= 0.6 is 0 Å². The first-order valence-corrected chi connectivity index (χ1v) is 26.8. The van der Waals surface area contributed by atoms with E-state index in [2.05, 4.69) is 63.3 Å². The summed E-state index contributed by atoms with van der Waals surface area (Å²) in [5.41, 5.74) is 0. The van der Waals surface area contributed by atoms with Crippen LogP contribution in [-0.2, 0) is 28.6 Å². The van der Waals surface area contributed by atoms with Crippen LogP contribution in [0.25, 0.3) is 0 Å². The normalized spacial score (nSPS) is 12.8. The maximum atomic E-state index is 12.8. The van der Waals surface area contributed by atoms with Gasteiger partial charge < -0.3 is 14.2 Å². The molecule has 0 aliphatic carbocycles. The first kappa shape index (κ1) is 61.3. The summed E-state index contributed by atoms with van der Waals surface area (Å²) in [4.78, 5) is 38.0. The second-order valence-electron chi connectivity index (χ2n) is 17.5. The molecule has 0 aromatic heterocycles. The van der Waals surface area contributed by atoms with Gasteiger partial charge in [-0.3, -0.25) is 14.4 Å². The third kappa shape index (κ3) is 51.2. The Balaban J connectivity index is 4.45. The lowest BCUT2D eigenvalue weighted by Gasteiger charge is -2.18. The van der Waals surface area contributed by atoms with E-state index in [0.717, 1.165) is 83.5 Å². The van der Waals surface area contributed by atoms with Crippen LogP contribution in [0.3, 0.4) is 0 Å². The third-order valence-electron chi connectivity index (χ3n) is 11.2. The Kier molecular flexibility index (Phi) is 50.0. The molecular formula is C59H98O6. The van der Waals surface area contributed by atoms with E-state index < -0.39 is 6.10 Å². The molecule has 1 unspecified atom stereocenters. The van der Waals surface area contributed by atoms with Crippen molar-refractivity contribution in [2.24, 2.45) is 0 Å². The Labute approximate surface area is 400 Å². The van der Waals surface area contributed by atoms with Crippen molar-refractivity contribution in [2.45, 2.75) is 245 Å². The van der Waals surface area contributed by atoms with Gasteiger partial charge in [-0.1, -0.05) is 253 Å². The minimum absolute atomic E-state index is 0.104. The maximum absolute atomic E-state index is 12.8. The number of unbranched alkanes of at least 4 members (excludes halogenated alkanes) is 24. The summed E-state index contributed by atoms with van der Waals surface area (Å²) in [5, 5.41) is 0. The zero-order valence-corrected chi connectivity index (χ0v) is 42.2. The average Bonchev–Trinajstić information content (AvgIpc) is 3.30. The lowest BCUT2D eigenvalue weighted by molar-refractivity contribution is -0.167. The highest BCUT2D eigenvalue weighted by molar-refractivity contribution is 5.71. The van der Waals surface area contributed by atoms with Crippen LogP contribution in [-0.4, -0.2) is 37.2 Å². The molecule has 0 aliphatic rings. The topological polar surface area (TPSA) is 78.9 Å². The van der Waals surface area contributed by atoms with Gasteiger partial charge in [0, 0.05) is 19.3 Å². The number of esters is 3. The smallest absolute Gasteiger partial charge is 0.306 e. The van der Waals surface area contributed by atoms with E-state index in [-0.39, 0.29) is 37.5 Å². The second-order valence-corrected chi connectivity index (χ2v) is 17.5. The first-order valence-electron chi connectivity index (χ1n) is 26.8. The monoisotopic (exact) mass is 903 g/mol. The first-order chi connectivity index (χ1) is 32.0. The Morgan fingerprint density at radius 3 is 1.17 bits per heavy atom. The minimum Gasteiger partial charge on any atom is -0.462 e. The molecule has 370 valence electrons. The van der Waals surface area contributed by atoms with E-state index in [1.807, 2.05) is 54.7 Å². The summed E-state index contributed by atoms with van der Waals surface area (Å²) >= 11 is 0. The highest BCUT2D eigenvalue weighted by Crippen LogP contribution is 2.16. The summed E-state index contributed by atoms with van der Waals surface area (Å²) in [7, 11) is 0. The highest BCUT2D eigenvalue weighted by atomic mass is 16.6. The molecule has 0 saturated carbocycles. The molecule has 0 spiro atoms. The van der Waals surface area contributed by atoms with E-state index in [1.54, 1.807) is 0 Å². The Hall–Kier alpha value is -3.67. The molecule has 0 bridgehead atoms. The van der Waals surface area contributed by atoms with Crippen molar-refractivity contribution < 1.29 is 28.6 Å². The Bertz CT molecular complexity index is 1310. The van der Waals surface area contributed by atoms with Gasteiger partial charge in [0.1, 0.15) is 13.2 Å². The van der Waals surface area contributed by atoms with Crippen LogP contribution < -0.4 is 0 Å². The van der Waals surface area contributed by atoms with Crippen LogP contribution in [0.4, 0.5) is 0 Å². The maximum Gasteiger partial charge on any atom is 0.306 e. The number of carbonyl (C=O) groups excluding carboxylic acids is 3. The highest BCUT2D eigenvalue weighted by Gasteiger charge is 2.19. The predicted octanol–water partition coefficient (Wildman–Crippen LogP) is 17.8. The summed E-state index contributed by atoms with van der Waals surface area (Å²) in [6.45, 7) is 6.32. The van der Waals surface area contributed by atoms with Gasteiger partial charge in [0.05, 0.1) is 0 Å². The van der Waals surface area contributed by atoms with Crippen molar-refractivity contribution in [2.75, 3.05) is 13.2 Å². The van der Waals surface area contributed by atoms with E-state index in [4.69, 9.17) is 14.2 Å². The molecule has 0 fully saturated rings. The van der Waals surface area contributed by atoms with Crippen molar-refractivity contribution in [3.8, 4) is 0 Å². The molecule has 1 atom stereocenters. The van der Waals surface area contributed by atoms with E-state index >= 15 is 0 Å². The number of allylic oxidation sites excluding steroid dienone is 16. The standard InChI is InChI=1S/C59H98O6/c1-4-7-10-13-16-19-22-25-27-29-30-32-34-37-40-43-46-49-52-58(61)64-55-56(54-63-57(60)51-48-45-42-39-36-33-24-21-18-15-12-9-6-3)65-59(62)53-50-47-44-41-38-35-31-28-26-23-20-17-14-11-8-5-2/h8-9,11-12,15,17-18,20-21,24,26,28,33,36,39,42,56H,4-7,10,13-14,16,19,22-23,25,27,29-32,34-35,37-38,40-41,43-55H2,1-3H3/b11-8-,12-9-,18-15-,20-17-,24-21-,28-26-,36-33-,42-39-. The number of hydrogen-bond acceptors (Lipinski definition) is 6. The Morgan fingerprint density at radius 1 is 0.338 bits per heavy atom. The van der Waals surface area contributed by atoms with Gasteiger partial charge in [0.2, 0.25) is 0 Å². The largest absolute Gasteiger partial charge is 0.462 e. The van der Waals surface area contributed by atoms with E-state index in [0.29, 0.717) is 19.3 Å². The van der Waals surface area contributed by atoms with Crippen molar-refractivity contribution in [1.82, 2.24) is 0 Å². The molecule has 65 heavy (non-hydrogen) atoms. The van der Waals surface area contributed by atoms with Gasteiger partial charge in [0.15, 0.2) is 6.10 Å². The molecule has 0 N–H and O–H groups in total. The fraction of sp³-hybridized carbons (Fsp3) is 0.678. The number of hydrogen-bond donors (Lipinski definition) is 0. The fourth-order valence-electron chi connectivity index (χ4n) is 7.25. The minimum atomic E-state index is -0.812. The quantitative estimate of drug-likeness (QED) is 0.0199. The zero-order chi connectivity index (χ0) is 47.2. The SMILES string of the molecule is CC\C=C/C=C\C=C/C=C\C=C/CCCC(=O)OCC(COC(=O)CCCCCCCCCCCCCCCCCCCC)OC(=O)CCCCCCCC/C=C\C/C=C\C/C=C\CC. The molecule has 6 nitrogen and oxygen atoms in total. The molecule has 6 heteroatoms. The molecule has 0 rings (SSSR count). The van der Waals surface area contributed by atoms with Gasteiger partial charge in [-0.2, -0.15) is 0 Å². The van der Waals surface area contributed by atoms with Gasteiger partial charge in [-0.15, -0.1) is 0 Å². The van der Waals surface area contributed by atoms with Crippen molar-refractivity contribution in [3.63, 3.8) is 0 Å². The van der Waals surface area contributed by atoms with Crippen LogP contribution in [0.2, 0.25) is 0 Å². The van der Waals surface area contributed by atoms with Crippen LogP contribution in [0.15, 0.2) is 97.2 Å². The third-order valence-corrected chi connectivity index (χ3v) is 11.2. The second kappa shape index (κ2) is 52.9. The van der Waals surface area contributed by atoms with Gasteiger partial charge in [-0.25, -0.2) is 0 Å². The molecule has 0 radical (unpaired) electrons. The molecule has 0 heterocycles. The van der Waals surface area contributed by atoms with Crippen LogP contribution in [0.1, 0.15) is 239 Å². The molecule has 0 aromatic carbocycles. The zero-order valence-electron chi connectivity index (χ0n) is 42.2. The van der Waals surface area contributed by atoms with Crippen LogP contribution in [0, 0.1) is 0 Å². The summed E-state index contributed by atoms with van der Waals surface area (Å²) < 4.78 is 16.7. The van der Waals surface area contributed by atoms with Crippen LogP contribution in [0.5, 0.6) is 0 Å². The van der Waals surface area contributed by atoms with Gasteiger partial charge in [-0.05, 0) is 64.2 Å². The van der Waals surface area contributed by atoms with Crippen molar-refractivity contribution in [3.05, 3.63) is 97.2 Å². The lowest BCUT2D eigenvalue weighted by atomic mass is 10.0. The van der Waals surface area contributed by atoms with E-state index in [9.17, 15) is 14.4 Å². The average molecular weight is 903 g/mol. The number of ether oxygens (including phenoxy) is 3. The molecule has 0 aromatic rings. The Morgan fingerprint density at radius 2 is 0.692 bits per heavy atom. The number of carbonyl (C=O) groups is 3. The lowest BCUT2D eigenvalue weighted by Crippen LogP contribution is -2.30. The van der Waals surface area contributed by atoms with E-state index in [1.165, 1.54) is 109 Å². The van der Waals surface area contributed by atoms with Crippen molar-refractivity contribution in [1.29, 1.82) is 0 Å². The molecule has 0 aliphatic heterocycles. The predicted molar refractivity (Wildman–Crippen MR) is 279 cm³/mol.